The van der Waals surface area contributed by atoms with Gasteiger partial charge in [-0.2, -0.15) is 8.42 Å². The topological polar surface area (TPSA) is 87.9 Å². The van der Waals surface area contributed by atoms with E-state index in [2.05, 4.69) is 0 Å². The van der Waals surface area contributed by atoms with Gasteiger partial charge in [-0.3, -0.25) is 4.18 Å². The zero-order chi connectivity index (χ0) is 15.5. The van der Waals surface area contributed by atoms with Crippen LogP contribution in [-0.2, 0) is 24.0 Å². The van der Waals surface area contributed by atoms with Gasteiger partial charge in [-0.1, -0.05) is 44.2 Å². The van der Waals surface area contributed by atoms with Crippen molar-refractivity contribution in [2.75, 3.05) is 6.61 Å². The fourth-order valence-electron chi connectivity index (χ4n) is 2.46. The average Bonchev–Trinajstić information content (AvgIpc) is 2.85. The van der Waals surface area contributed by atoms with Crippen LogP contribution in [0, 0.1) is 0 Å². The lowest BCUT2D eigenvalue weighted by Gasteiger charge is -2.25. The molecular weight excluding hydrogens is 294 g/mol. The second-order valence-electron chi connectivity index (χ2n) is 5.00. The number of benzene rings is 1. The van der Waals surface area contributed by atoms with Crippen molar-refractivity contribution in [3.05, 3.63) is 35.9 Å². The summed E-state index contributed by atoms with van der Waals surface area (Å²) in [6, 6.07) is 9.53. The van der Waals surface area contributed by atoms with Gasteiger partial charge in [0.25, 0.3) is 0 Å². The predicted molar refractivity (Wildman–Crippen MR) is 77.5 cm³/mol. The number of hydrogen-bond acceptors (Lipinski definition) is 5. The molecule has 1 aromatic carbocycles. The Morgan fingerprint density at radius 2 is 1.81 bits per heavy atom. The molecule has 6 nitrogen and oxygen atoms in total. The highest BCUT2D eigenvalue weighted by Gasteiger charge is 2.46. The molecule has 0 spiro atoms. The smallest absolute Gasteiger partial charge is 0.333 e. The lowest BCUT2D eigenvalue weighted by Crippen LogP contribution is -2.31. The van der Waals surface area contributed by atoms with Gasteiger partial charge in [0, 0.05) is 0 Å². The summed E-state index contributed by atoms with van der Waals surface area (Å²) in [7, 11) is -4.00. The summed E-state index contributed by atoms with van der Waals surface area (Å²) in [4.78, 5) is 0. The van der Waals surface area contributed by atoms with E-state index in [1.54, 1.807) is 0 Å². The Labute approximate surface area is 125 Å². The van der Waals surface area contributed by atoms with Crippen molar-refractivity contribution < 1.29 is 22.1 Å². The number of rotatable bonds is 6. The van der Waals surface area contributed by atoms with Gasteiger partial charge in [-0.25, -0.2) is 5.14 Å². The standard InChI is InChI=1S/C14H21NO5S/c1-3-14(4-2)19-12(10-18-21(15,16)17)13(20-14)11-8-6-5-7-9-11/h5-9,12-13H,3-4,10H2,1-2H3,(H2,15,16,17)/t12-,13-/m1/s1. The maximum Gasteiger partial charge on any atom is 0.333 e. The van der Waals surface area contributed by atoms with Crippen LogP contribution in [0.15, 0.2) is 30.3 Å². The maximum atomic E-state index is 11.0. The highest BCUT2D eigenvalue weighted by Crippen LogP contribution is 2.42. The SMILES string of the molecule is CCC1(CC)O[C@H](c2ccccc2)[C@@H](COS(N)(=O)=O)O1. The quantitative estimate of drug-likeness (QED) is 0.866. The van der Waals surface area contributed by atoms with Crippen LogP contribution in [0.3, 0.4) is 0 Å². The Morgan fingerprint density at radius 1 is 1.19 bits per heavy atom. The predicted octanol–water partition coefficient (Wildman–Crippen LogP) is 1.88. The summed E-state index contributed by atoms with van der Waals surface area (Å²) in [6.07, 6.45) is 0.427. The first kappa shape index (κ1) is 16.4. The maximum absolute atomic E-state index is 11.0. The zero-order valence-electron chi connectivity index (χ0n) is 12.2. The van der Waals surface area contributed by atoms with Gasteiger partial charge in [0.05, 0.1) is 6.61 Å². The van der Waals surface area contributed by atoms with E-state index in [1.165, 1.54) is 0 Å². The molecule has 0 amide bonds. The summed E-state index contributed by atoms with van der Waals surface area (Å²) in [6.45, 7) is 3.77. The fraction of sp³-hybridized carbons (Fsp3) is 0.571. The van der Waals surface area contributed by atoms with Gasteiger partial charge < -0.3 is 9.47 Å². The first-order chi connectivity index (χ1) is 9.89. The zero-order valence-corrected chi connectivity index (χ0v) is 13.0. The van der Waals surface area contributed by atoms with E-state index in [-0.39, 0.29) is 12.7 Å². The lowest BCUT2D eigenvalue weighted by atomic mass is 10.1. The van der Waals surface area contributed by atoms with Gasteiger partial charge in [0.2, 0.25) is 0 Å². The summed E-state index contributed by atoms with van der Waals surface area (Å²) in [5.74, 6) is -0.715. The minimum Gasteiger partial charge on any atom is -0.341 e. The first-order valence-electron chi connectivity index (χ1n) is 6.97. The highest BCUT2D eigenvalue weighted by atomic mass is 32.2. The Morgan fingerprint density at radius 3 is 2.33 bits per heavy atom. The lowest BCUT2D eigenvalue weighted by molar-refractivity contribution is -0.181. The van der Waals surface area contributed by atoms with E-state index in [9.17, 15) is 8.42 Å². The molecule has 1 saturated heterocycles. The summed E-state index contributed by atoms with van der Waals surface area (Å²) in [5.41, 5.74) is 0.921. The highest BCUT2D eigenvalue weighted by molar-refractivity contribution is 7.84. The van der Waals surface area contributed by atoms with Crippen LogP contribution in [0.25, 0.3) is 0 Å². The Hall–Kier alpha value is -0.990. The first-order valence-corrected chi connectivity index (χ1v) is 8.44. The minimum atomic E-state index is -4.00. The van der Waals surface area contributed by atoms with Crippen LogP contribution in [-0.4, -0.2) is 26.9 Å². The molecule has 1 aliphatic heterocycles. The van der Waals surface area contributed by atoms with Crippen molar-refractivity contribution in [1.82, 2.24) is 0 Å². The van der Waals surface area contributed by atoms with Crippen molar-refractivity contribution >= 4 is 10.3 Å². The van der Waals surface area contributed by atoms with Gasteiger partial charge in [-0.05, 0) is 18.4 Å². The number of hydrogen-bond donors (Lipinski definition) is 1. The van der Waals surface area contributed by atoms with Crippen LogP contribution in [0.5, 0.6) is 0 Å². The van der Waals surface area contributed by atoms with Crippen LogP contribution >= 0.6 is 0 Å². The molecule has 1 aliphatic rings. The molecule has 0 unspecified atom stereocenters. The molecule has 0 radical (unpaired) electrons. The second kappa shape index (κ2) is 6.41. The van der Waals surface area contributed by atoms with E-state index >= 15 is 0 Å². The van der Waals surface area contributed by atoms with Crippen molar-refractivity contribution in [2.24, 2.45) is 5.14 Å². The molecule has 1 aromatic rings. The summed E-state index contributed by atoms with van der Waals surface area (Å²) in [5, 5.41) is 4.88. The second-order valence-corrected chi connectivity index (χ2v) is 6.22. The monoisotopic (exact) mass is 315 g/mol. The minimum absolute atomic E-state index is 0.167. The molecule has 21 heavy (non-hydrogen) atoms. The van der Waals surface area contributed by atoms with Crippen LogP contribution in [0.1, 0.15) is 38.4 Å². The van der Waals surface area contributed by atoms with Gasteiger partial charge >= 0.3 is 10.3 Å². The molecule has 0 saturated carbocycles. The summed E-state index contributed by atoms with van der Waals surface area (Å²) < 4.78 is 38.7. The number of nitrogens with two attached hydrogens (primary N) is 1. The number of ether oxygens (including phenoxy) is 2. The van der Waals surface area contributed by atoms with Gasteiger partial charge in [0.1, 0.15) is 12.2 Å². The van der Waals surface area contributed by atoms with Crippen molar-refractivity contribution in [3.8, 4) is 0 Å². The van der Waals surface area contributed by atoms with Gasteiger partial charge in [-0.15, -0.1) is 0 Å². The van der Waals surface area contributed by atoms with Crippen molar-refractivity contribution in [2.45, 2.75) is 44.7 Å². The third-order valence-electron chi connectivity index (χ3n) is 3.65. The van der Waals surface area contributed by atoms with Crippen molar-refractivity contribution in [1.29, 1.82) is 0 Å². The van der Waals surface area contributed by atoms with Crippen LogP contribution in [0.2, 0.25) is 0 Å². The van der Waals surface area contributed by atoms with E-state index in [0.29, 0.717) is 12.8 Å². The van der Waals surface area contributed by atoms with E-state index in [1.807, 2.05) is 44.2 Å². The fourth-order valence-corrected chi connectivity index (χ4v) is 2.79. The third-order valence-corrected chi connectivity index (χ3v) is 4.11. The molecule has 2 rings (SSSR count). The Bertz CT molecular complexity index is 556. The molecule has 2 N–H and O–H groups in total. The van der Waals surface area contributed by atoms with Crippen LogP contribution in [0.4, 0.5) is 0 Å². The molecular formula is C14H21NO5S. The molecule has 0 bridgehead atoms. The molecule has 1 heterocycles. The molecule has 0 aliphatic carbocycles. The molecule has 2 atom stereocenters. The molecule has 7 heteroatoms. The summed E-state index contributed by atoms with van der Waals surface area (Å²) >= 11 is 0. The Balaban J connectivity index is 2.22. The van der Waals surface area contributed by atoms with Gasteiger partial charge in [0.15, 0.2) is 5.79 Å². The van der Waals surface area contributed by atoms with E-state index < -0.39 is 22.2 Å². The Kier molecular flexibility index (Phi) is 5.00. The normalized spacial score (nSPS) is 25.1. The molecule has 0 aromatic heterocycles. The third kappa shape index (κ3) is 4.02. The molecule has 118 valence electrons. The largest absolute Gasteiger partial charge is 0.341 e. The van der Waals surface area contributed by atoms with E-state index in [4.69, 9.17) is 18.8 Å². The van der Waals surface area contributed by atoms with Crippen LogP contribution < -0.4 is 5.14 Å². The van der Waals surface area contributed by atoms with E-state index in [0.717, 1.165) is 5.56 Å². The van der Waals surface area contributed by atoms with Crippen molar-refractivity contribution in [3.63, 3.8) is 0 Å². The molecule has 1 fully saturated rings. The average molecular weight is 315 g/mol.